The van der Waals surface area contributed by atoms with Crippen LogP contribution in [0.4, 0.5) is 0 Å². The molecule has 2 aromatic carbocycles. The maximum atomic E-state index is 12.1. The van der Waals surface area contributed by atoms with Gasteiger partial charge < -0.3 is 10.6 Å². The van der Waals surface area contributed by atoms with Crippen molar-refractivity contribution in [2.75, 3.05) is 13.1 Å². The third-order valence-corrected chi connectivity index (χ3v) is 3.55. The molecule has 0 aliphatic carbocycles. The number of hydrogen-bond acceptors (Lipinski definition) is 2. The van der Waals surface area contributed by atoms with Gasteiger partial charge in [-0.1, -0.05) is 42.5 Å². The predicted molar refractivity (Wildman–Crippen MR) is 96.6 cm³/mol. The van der Waals surface area contributed by atoms with Gasteiger partial charge >= 0.3 is 0 Å². The lowest BCUT2D eigenvalue weighted by atomic mass is 10.0. The summed E-state index contributed by atoms with van der Waals surface area (Å²) in [5.41, 5.74) is 3.11. The molecule has 3 heteroatoms. The second-order valence-corrected chi connectivity index (χ2v) is 6.73. The first-order chi connectivity index (χ1) is 11.0. The lowest BCUT2D eigenvalue weighted by Crippen LogP contribution is -2.37. The molecule has 0 saturated heterocycles. The van der Waals surface area contributed by atoms with E-state index in [0.29, 0.717) is 12.1 Å². The number of carbonyl (C=O) groups excluding carboxylic acids is 1. The molecule has 0 heterocycles. The summed E-state index contributed by atoms with van der Waals surface area (Å²) in [7, 11) is 0. The number of carbonyl (C=O) groups is 1. The van der Waals surface area contributed by atoms with Crippen LogP contribution >= 0.6 is 0 Å². The Balaban J connectivity index is 1.81. The van der Waals surface area contributed by atoms with Gasteiger partial charge in [-0.15, -0.1) is 0 Å². The van der Waals surface area contributed by atoms with Crippen molar-refractivity contribution in [2.24, 2.45) is 0 Å². The molecule has 0 saturated carbocycles. The van der Waals surface area contributed by atoms with E-state index in [-0.39, 0.29) is 11.4 Å². The van der Waals surface area contributed by atoms with Crippen molar-refractivity contribution in [3.63, 3.8) is 0 Å². The first kappa shape index (κ1) is 17.2. The highest BCUT2D eigenvalue weighted by Crippen LogP contribution is 2.19. The molecule has 1 amide bonds. The summed E-state index contributed by atoms with van der Waals surface area (Å²) < 4.78 is 0. The van der Waals surface area contributed by atoms with Gasteiger partial charge in [0.05, 0.1) is 0 Å². The van der Waals surface area contributed by atoms with Crippen LogP contribution in [0.3, 0.4) is 0 Å². The number of benzene rings is 2. The van der Waals surface area contributed by atoms with Crippen molar-refractivity contribution >= 4 is 5.91 Å². The summed E-state index contributed by atoms with van der Waals surface area (Å²) >= 11 is 0. The molecule has 0 radical (unpaired) electrons. The maximum absolute atomic E-state index is 12.1. The van der Waals surface area contributed by atoms with Gasteiger partial charge in [-0.3, -0.25) is 4.79 Å². The Morgan fingerprint density at radius 3 is 2.09 bits per heavy atom. The summed E-state index contributed by atoms with van der Waals surface area (Å²) in [6.45, 7) is 8.00. The highest BCUT2D eigenvalue weighted by Gasteiger charge is 2.08. The van der Waals surface area contributed by atoms with Gasteiger partial charge in [0.1, 0.15) is 0 Å². The van der Waals surface area contributed by atoms with Crippen molar-refractivity contribution in [3.05, 3.63) is 60.2 Å². The highest BCUT2D eigenvalue weighted by atomic mass is 16.1. The van der Waals surface area contributed by atoms with Crippen LogP contribution in [0.15, 0.2) is 54.6 Å². The monoisotopic (exact) mass is 310 g/mol. The molecular weight excluding hydrogens is 284 g/mol. The third-order valence-electron chi connectivity index (χ3n) is 3.55. The van der Waals surface area contributed by atoms with E-state index in [9.17, 15) is 4.79 Å². The molecule has 122 valence electrons. The van der Waals surface area contributed by atoms with Crippen LogP contribution in [0.25, 0.3) is 11.1 Å². The predicted octanol–water partition coefficient (Wildman–Crippen LogP) is 3.86. The van der Waals surface area contributed by atoms with Crippen molar-refractivity contribution in [1.82, 2.24) is 10.6 Å². The Labute approximate surface area is 139 Å². The molecule has 2 rings (SSSR count). The van der Waals surface area contributed by atoms with E-state index < -0.39 is 0 Å². The van der Waals surface area contributed by atoms with Gasteiger partial charge in [-0.25, -0.2) is 0 Å². The normalized spacial score (nSPS) is 11.3. The third kappa shape index (κ3) is 5.87. The largest absolute Gasteiger partial charge is 0.352 e. The molecule has 2 aromatic rings. The fourth-order valence-electron chi connectivity index (χ4n) is 2.30. The van der Waals surface area contributed by atoms with E-state index in [4.69, 9.17) is 0 Å². The average Bonchev–Trinajstić information content (AvgIpc) is 2.54. The zero-order chi connectivity index (χ0) is 16.7. The quantitative estimate of drug-likeness (QED) is 0.795. The first-order valence-corrected chi connectivity index (χ1v) is 8.14. The summed E-state index contributed by atoms with van der Waals surface area (Å²) in [6, 6.07) is 17.9. The van der Waals surface area contributed by atoms with Crippen LogP contribution < -0.4 is 10.6 Å². The average molecular weight is 310 g/mol. The molecule has 0 unspecified atom stereocenters. The summed E-state index contributed by atoms with van der Waals surface area (Å²) in [4.78, 5) is 12.1. The summed E-state index contributed by atoms with van der Waals surface area (Å²) in [5, 5.41) is 6.38. The minimum atomic E-state index is -0.0135. The molecule has 0 aromatic heterocycles. The van der Waals surface area contributed by atoms with E-state index in [1.54, 1.807) is 0 Å². The van der Waals surface area contributed by atoms with E-state index >= 15 is 0 Å². The van der Waals surface area contributed by atoms with Crippen LogP contribution in [-0.2, 0) is 0 Å². The lowest BCUT2D eigenvalue weighted by molar-refractivity contribution is 0.0953. The Hall–Kier alpha value is -2.13. The molecule has 2 N–H and O–H groups in total. The van der Waals surface area contributed by atoms with Gasteiger partial charge in [-0.2, -0.15) is 0 Å². The smallest absolute Gasteiger partial charge is 0.251 e. The number of nitrogens with one attached hydrogen (secondary N) is 2. The fraction of sp³-hybridized carbons (Fsp3) is 0.350. The zero-order valence-corrected chi connectivity index (χ0v) is 14.2. The second-order valence-electron chi connectivity index (χ2n) is 6.73. The van der Waals surface area contributed by atoms with Crippen LogP contribution in [0, 0.1) is 0 Å². The highest BCUT2D eigenvalue weighted by molar-refractivity contribution is 5.94. The fourth-order valence-corrected chi connectivity index (χ4v) is 2.30. The van der Waals surface area contributed by atoms with Crippen molar-refractivity contribution < 1.29 is 4.79 Å². The topological polar surface area (TPSA) is 41.1 Å². The van der Waals surface area contributed by atoms with E-state index in [0.717, 1.165) is 24.1 Å². The van der Waals surface area contributed by atoms with E-state index in [1.165, 1.54) is 0 Å². The zero-order valence-electron chi connectivity index (χ0n) is 14.2. The molecule has 0 bridgehead atoms. The van der Waals surface area contributed by atoms with Crippen molar-refractivity contribution in [2.45, 2.75) is 32.7 Å². The Bertz CT molecular complexity index is 612. The van der Waals surface area contributed by atoms with Crippen molar-refractivity contribution in [3.8, 4) is 11.1 Å². The summed E-state index contributed by atoms with van der Waals surface area (Å²) in [6.07, 6.45) is 0.922. The molecular formula is C20H26N2O. The molecule has 0 aliphatic heterocycles. The lowest BCUT2D eigenvalue weighted by Gasteiger charge is -2.20. The van der Waals surface area contributed by atoms with Gasteiger partial charge in [0, 0.05) is 17.6 Å². The Morgan fingerprint density at radius 2 is 1.48 bits per heavy atom. The van der Waals surface area contributed by atoms with Crippen LogP contribution in [0.5, 0.6) is 0 Å². The number of hydrogen-bond donors (Lipinski definition) is 2. The number of amides is 1. The molecule has 0 spiro atoms. The number of rotatable bonds is 6. The van der Waals surface area contributed by atoms with Crippen LogP contribution in [0.2, 0.25) is 0 Å². The van der Waals surface area contributed by atoms with Gasteiger partial charge in [0.15, 0.2) is 0 Å². The van der Waals surface area contributed by atoms with E-state index in [2.05, 4.69) is 43.5 Å². The van der Waals surface area contributed by atoms with Gasteiger partial charge in [0.25, 0.3) is 5.91 Å². The second kappa shape index (κ2) is 7.93. The minimum Gasteiger partial charge on any atom is -0.352 e. The molecule has 0 aliphatic rings. The van der Waals surface area contributed by atoms with Gasteiger partial charge in [0.2, 0.25) is 0 Å². The van der Waals surface area contributed by atoms with Gasteiger partial charge in [-0.05, 0) is 57.0 Å². The molecule has 23 heavy (non-hydrogen) atoms. The first-order valence-electron chi connectivity index (χ1n) is 8.14. The SMILES string of the molecule is CC(C)(C)NCCCNC(=O)c1ccc(-c2ccccc2)cc1. The molecule has 0 atom stereocenters. The summed E-state index contributed by atoms with van der Waals surface area (Å²) in [5.74, 6) is -0.0135. The Kier molecular flexibility index (Phi) is 5.94. The van der Waals surface area contributed by atoms with Crippen molar-refractivity contribution in [1.29, 1.82) is 0 Å². The molecule has 0 fully saturated rings. The van der Waals surface area contributed by atoms with Crippen LogP contribution in [-0.4, -0.2) is 24.5 Å². The maximum Gasteiger partial charge on any atom is 0.251 e. The van der Waals surface area contributed by atoms with Crippen LogP contribution in [0.1, 0.15) is 37.6 Å². The minimum absolute atomic E-state index is 0.0135. The Morgan fingerprint density at radius 1 is 0.870 bits per heavy atom. The molecule has 3 nitrogen and oxygen atoms in total. The van der Waals surface area contributed by atoms with E-state index in [1.807, 2.05) is 42.5 Å². The standard InChI is InChI=1S/C20H26N2O/c1-20(2,3)22-15-7-14-21-19(23)18-12-10-17(11-13-18)16-8-5-4-6-9-16/h4-6,8-13,22H,7,14-15H2,1-3H3,(H,21,23).